The van der Waals surface area contributed by atoms with E-state index in [0.29, 0.717) is 22.9 Å². The summed E-state index contributed by atoms with van der Waals surface area (Å²) < 4.78 is 23.0. The second kappa shape index (κ2) is 21.2. The molecule has 0 amide bonds. The molecule has 0 saturated carbocycles. The number of unbranched alkanes of at least 4 members (excludes halogenated alkanes) is 6. The van der Waals surface area contributed by atoms with Crippen molar-refractivity contribution in [2.45, 2.75) is 71.3 Å². The lowest BCUT2D eigenvalue weighted by Gasteiger charge is -2.13. The first kappa shape index (κ1) is 36.1. The van der Waals surface area contributed by atoms with Crippen LogP contribution in [0, 0.1) is 0 Å². The molecule has 0 aliphatic carbocycles. The third-order valence-corrected chi connectivity index (χ3v) is 7.33. The first-order chi connectivity index (χ1) is 23.6. The number of azo groups is 2. The lowest BCUT2D eigenvalue weighted by Crippen LogP contribution is -2.25. The lowest BCUT2D eigenvalue weighted by atomic mass is 10.2. The van der Waals surface area contributed by atoms with Gasteiger partial charge in [0.15, 0.2) is 0 Å². The van der Waals surface area contributed by atoms with Crippen LogP contribution >= 0.6 is 0 Å². The van der Waals surface area contributed by atoms with Crippen molar-refractivity contribution in [2.24, 2.45) is 20.5 Å². The second-order valence-corrected chi connectivity index (χ2v) is 11.5. The van der Waals surface area contributed by atoms with E-state index < -0.39 is 6.10 Å². The molecule has 9 nitrogen and oxygen atoms in total. The SMILES string of the molecule is CCCCCCOc1ccc(N=Nc2ccc(OCC(O)COc3ccc(N=Nc4ccc(OCCCCCC)cc4)cc3)cc2)cc1. The number of rotatable bonds is 22. The van der Waals surface area contributed by atoms with Gasteiger partial charge in [-0.2, -0.15) is 20.5 Å². The molecule has 0 unspecified atom stereocenters. The fourth-order valence-electron chi connectivity index (χ4n) is 4.54. The van der Waals surface area contributed by atoms with E-state index >= 15 is 0 Å². The minimum Gasteiger partial charge on any atom is -0.494 e. The molecule has 0 bridgehead atoms. The maximum atomic E-state index is 10.4. The summed E-state index contributed by atoms with van der Waals surface area (Å²) in [6, 6.07) is 29.6. The third kappa shape index (κ3) is 13.9. The predicted octanol–water partition coefficient (Wildman–Crippen LogP) is 11.3. The van der Waals surface area contributed by atoms with Gasteiger partial charge >= 0.3 is 0 Å². The highest BCUT2D eigenvalue weighted by Crippen LogP contribution is 2.25. The van der Waals surface area contributed by atoms with Crippen LogP contribution in [0.2, 0.25) is 0 Å². The molecule has 0 heterocycles. The standard InChI is InChI=1S/C39H48N4O5/c1-3-5-7-9-27-45-36-19-11-31(12-20-36)40-42-33-15-23-38(24-16-33)47-29-35(44)30-48-39-25-17-34(18-26-39)43-41-32-13-21-37(22-14-32)46-28-10-8-6-4-2/h11-26,35,44H,3-10,27-30H2,1-2H3. The zero-order valence-corrected chi connectivity index (χ0v) is 28.2. The number of benzene rings is 4. The number of aliphatic hydroxyl groups is 1. The van der Waals surface area contributed by atoms with Crippen LogP contribution in [-0.4, -0.2) is 37.6 Å². The number of ether oxygens (including phenoxy) is 4. The van der Waals surface area contributed by atoms with Gasteiger partial charge in [0, 0.05) is 0 Å². The van der Waals surface area contributed by atoms with E-state index in [0.717, 1.165) is 48.9 Å². The fourth-order valence-corrected chi connectivity index (χ4v) is 4.54. The molecule has 0 aromatic heterocycles. The lowest BCUT2D eigenvalue weighted by molar-refractivity contribution is 0.0626. The van der Waals surface area contributed by atoms with Gasteiger partial charge in [0.2, 0.25) is 0 Å². The van der Waals surface area contributed by atoms with Crippen LogP contribution < -0.4 is 18.9 Å². The van der Waals surface area contributed by atoms with Crippen molar-refractivity contribution < 1.29 is 24.1 Å². The second-order valence-electron chi connectivity index (χ2n) is 11.5. The molecule has 0 radical (unpaired) electrons. The summed E-state index contributed by atoms with van der Waals surface area (Å²) >= 11 is 0. The molecule has 9 heteroatoms. The maximum absolute atomic E-state index is 10.4. The molecule has 0 spiro atoms. The highest BCUT2D eigenvalue weighted by atomic mass is 16.5. The summed E-state index contributed by atoms with van der Waals surface area (Å²) in [6.07, 6.45) is 8.63. The van der Waals surface area contributed by atoms with Gasteiger partial charge in [-0.1, -0.05) is 52.4 Å². The van der Waals surface area contributed by atoms with Crippen molar-refractivity contribution >= 4 is 22.7 Å². The van der Waals surface area contributed by atoms with Gasteiger partial charge in [-0.3, -0.25) is 0 Å². The van der Waals surface area contributed by atoms with Crippen molar-refractivity contribution in [3.8, 4) is 23.0 Å². The molecular weight excluding hydrogens is 604 g/mol. The Balaban J connectivity index is 1.12. The topological polar surface area (TPSA) is 107 Å². The predicted molar refractivity (Wildman–Crippen MR) is 190 cm³/mol. The molecule has 0 aliphatic heterocycles. The minimum atomic E-state index is -0.810. The van der Waals surface area contributed by atoms with Gasteiger partial charge in [0.05, 0.1) is 36.0 Å². The highest BCUT2D eigenvalue weighted by molar-refractivity contribution is 5.45. The van der Waals surface area contributed by atoms with Crippen LogP contribution in [0.4, 0.5) is 22.7 Å². The van der Waals surface area contributed by atoms with Crippen LogP contribution in [0.25, 0.3) is 0 Å². The zero-order valence-electron chi connectivity index (χ0n) is 28.2. The zero-order chi connectivity index (χ0) is 33.7. The Bertz CT molecular complexity index is 1380. The largest absolute Gasteiger partial charge is 0.494 e. The van der Waals surface area contributed by atoms with E-state index in [9.17, 15) is 5.11 Å². The summed E-state index contributed by atoms with van der Waals surface area (Å²) in [5, 5.41) is 27.6. The molecule has 48 heavy (non-hydrogen) atoms. The number of aliphatic hydroxyl groups excluding tert-OH is 1. The fraction of sp³-hybridized carbons (Fsp3) is 0.385. The van der Waals surface area contributed by atoms with Gasteiger partial charge in [0.1, 0.15) is 42.3 Å². The van der Waals surface area contributed by atoms with Crippen LogP contribution in [0.15, 0.2) is 118 Å². The van der Waals surface area contributed by atoms with Crippen LogP contribution in [-0.2, 0) is 0 Å². The number of hydrogen-bond donors (Lipinski definition) is 1. The first-order valence-electron chi connectivity index (χ1n) is 17.0. The molecule has 4 aromatic carbocycles. The molecule has 0 saturated heterocycles. The van der Waals surface area contributed by atoms with Crippen LogP contribution in [0.3, 0.4) is 0 Å². The van der Waals surface area contributed by atoms with Gasteiger partial charge in [-0.25, -0.2) is 0 Å². The first-order valence-corrected chi connectivity index (χ1v) is 17.0. The summed E-state index contributed by atoms with van der Waals surface area (Å²) in [5.41, 5.74) is 2.88. The molecule has 254 valence electrons. The Kier molecular flexibility index (Phi) is 15.9. The molecular formula is C39H48N4O5. The molecule has 4 rings (SSSR count). The summed E-state index contributed by atoms with van der Waals surface area (Å²) in [6.45, 7) is 6.03. The Morgan fingerprint density at radius 1 is 0.417 bits per heavy atom. The van der Waals surface area contributed by atoms with Crippen LogP contribution in [0.5, 0.6) is 23.0 Å². The highest BCUT2D eigenvalue weighted by Gasteiger charge is 2.07. The Morgan fingerprint density at radius 3 is 1.00 bits per heavy atom. The smallest absolute Gasteiger partial charge is 0.122 e. The number of hydrogen-bond acceptors (Lipinski definition) is 9. The van der Waals surface area contributed by atoms with Gasteiger partial charge in [0.25, 0.3) is 0 Å². The van der Waals surface area contributed by atoms with E-state index in [1.54, 1.807) is 24.3 Å². The van der Waals surface area contributed by atoms with Gasteiger partial charge < -0.3 is 24.1 Å². The maximum Gasteiger partial charge on any atom is 0.122 e. The van der Waals surface area contributed by atoms with E-state index in [4.69, 9.17) is 18.9 Å². The summed E-state index contributed by atoms with van der Waals surface area (Å²) in [4.78, 5) is 0. The summed E-state index contributed by atoms with van der Waals surface area (Å²) in [5.74, 6) is 2.92. The van der Waals surface area contributed by atoms with Crippen molar-refractivity contribution in [1.29, 1.82) is 0 Å². The van der Waals surface area contributed by atoms with E-state index in [2.05, 4.69) is 34.3 Å². The van der Waals surface area contributed by atoms with E-state index in [1.165, 1.54) is 38.5 Å². The average Bonchev–Trinajstić information content (AvgIpc) is 3.13. The molecule has 0 fully saturated rings. The van der Waals surface area contributed by atoms with Gasteiger partial charge in [-0.15, -0.1) is 0 Å². The molecule has 4 aromatic rings. The quantitative estimate of drug-likeness (QED) is 0.0671. The number of nitrogens with zero attached hydrogens (tertiary/aromatic N) is 4. The molecule has 0 aliphatic rings. The monoisotopic (exact) mass is 652 g/mol. The average molecular weight is 653 g/mol. The Morgan fingerprint density at radius 2 is 0.708 bits per heavy atom. The van der Waals surface area contributed by atoms with Crippen molar-refractivity contribution in [3.63, 3.8) is 0 Å². The Hall–Kier alpha value is -4.76. The van der Waals surface area contributed by atoms with Crippen molar-refractivity contribution in [2.75, 3.05) is 26.4 Å². The minimum absolute atomic E-state index is 0.0862. The summed E-state index contributed by atoms with van der Waals surface area (Å²) in [7, 11) is 0. The molecule has 1 N–H and O–H groups in total. The van der Waals surface area contributed by atoms with E-state index in [1.807, 2.05) is 72.8 Å². The van der Waals surface area contributed by atoms with Crippen LogP contribution in [0.1, 0.15) is 65.2 Å². The molecule has 0 atom stereocenters. The Labute approximate surface area is 284 Å². The van der Waals surface area contributed by atoms with E-state index in [-0.39, 0.29) is 13.2 Å². The van der Waals surface area contributed by atoms with Gasteiger partial charge in [-0.05, 0) is 110 Å². The van der Waals surface area contributed by atoms with Crippen molar-refractivity contribution in [3.05, 3.63) is 97.1 Å². The normalized spacial score (nSPS) is 12.0. The third-order valence-electron chi connectivity index (χ3n) is 7.33. The van der Waals surface area contributed by atoms with Crippen molar-refractivity contribution in [1.82, 2.24) is 0 Å².